The zero-order valence-electron chi connectivity index (χ0n) is 16.8. The van der Waals surface area contributed by atoms with Crippen LogP contribution in [0.2, 0.25) is 5.02 Å². The molecule has 0 radical (unpaired) electrons. The summed E-state index contributed by atoms with van der Waals surface area (Å²) in [7, 11) is 0. The Morgan fingerprint density at radius 2 is 1.90 bits per heavy atom. The van der Waals surface area contributed by atoms with Gasteiger partial charge in [0.2, 0.25) is 18.6 Å². The molecule has 0 aliphatic carbocycles. The van der Waals surface area contributed by atoms with E-state index in [1.807, 2.05) is 6.07 Å². The molecule has 2 N–H and O–H groups in total. The van der Waals surface area contributed by atoms with E-state index in [4.69, 9.17) is 36.3 Å². The molecule has 0 aromatic heterocycles. The topological polar surface area (TPSA) is 100 Å². The van der Waals surface area contributed by atoms with Gasteiger partial charge in [-0.25, -0.2) is 0 Å². The molecular weight excluding hydrogens is 424 g/mol. The van der Waals surface area contributed by atoms with Gasteiger partial charge >= 0.3 is 0 Å². The molecule has 0 spiro atoms. The lowest BCUT2D eigenvalue weighted by molar-refractivity contribution is -0.161. The van der Waals surface area contributed by atoms with E-state index in [1.165, 1.54) is 0 Å². The highest BCUT2D eigenvalue weighted by molar-refractivity contribution is 6.30. The van der Waals surface area contributed by atoms with Crippen molar-refractivity contribution < 1.29 is 28.5 Å². The summed E-state index contributed by atoms with van der Waals surface area (Å²) in [5, 5.41) is 0.591. The molecule has 31 heavy (non-hydrogen) atoms. The highest BCUT2D eigenvalue weighted by Gasteiger charge is 2.41. The third-order valence-electron chi connectivity index (χ3n) is 5.21. The van der Waals surface area contributed by atoms with Crippen LogP contribution in [0.1, 0.15) is 12.0 Å². The van der Waals surface area contributed by atoms with Crippen molar-refractivity contribution in [1.29, 1.82) is 0 Å². The van der Waals surface area contributed by atoms with Crippen LogP contribution in [0.25, 0.3) is 0 Å². The van der Waals surface area contributed by atoms with Gasteiger partial charge in [-0.1, -0.05) is 17.7 Å². The largest absolute Gasteiger partial charge is 0.490 e. The number of hydrogen-bond donors (Lipinski definition) is 1. The molecule has 2 aromatic rings. The van der Waals surface area contributed by atoms with Crippen LogP contribution in [0.4, 0.5) is 0 Å². The van der Waals surface area contributed by atoms with Gasteiger partial charge in [0, 0.05) is 11.6 Å². The Morgan fingerprint density at radius 3 is 2.68 bits per heavy atom. The number of nitrogens with zero attached hydrogens (tertiary/aromatic N) is 1. The Balaban J connectivity index is 1.44. The van der Waals surface area contributed by atoms with Crippen LogP contribution in [0.3, 0.4) is 0 Å². The van der Waals surface area contributed by atoms with Crippen LogP contribution in [-0.4, -0.2) is 55.4 Å². The van der Waals surface area contributed by atoms with Crippen LogP contribution in [0.15, 0.2) is 42.5 Å². The van der Waals surface area contributed by atoms with Gasteiger partial charge in [-0.05, 0) is 42.0 Å². The maximum absolute atomic E-state index is 13.0. The van der Waals surface area contributed by atoms with Gasteiger partial charge in [-0.2, -0.15) is 0 Å². The van der Waals surface area contributed by atoms with E-state index in [2.05, 4.69) is 0 Å². The van der Waals surface area contributed by atoms with Gasteiger partial charge in [-0.15, -0.1) is 0 Å². The molecule has 1 saturated heterocycles. The standard InChI is InChI=1S/C22H23ClN2O6/c23-16-2-4-17(5-3-16)28-13-22(11-20(24)26)12-25(7-8-31-22)21(27)10-15-1-6-18-19(9-15)30-14-29-18/h1-6,9H,7-8,10-14H2,(H2,24,26)/t22-/m0/s1. The number of fused-ring (bicyclic) bond motifs is 1. The minimum atomic E-state index is -1.02. The predicted octanol–water partition coefficient (Wildman–Crippen LogP) is 2.16. The highest BCUT2D eigenvalue weighted by atomic mass is 35.5. The molecule has 2 heterocycles. The SMILES string of the molecule is NC(=O)C[C@@]1(COc2ccc(Cl)cc2)CN(C(=O)Cc2ccc3c(c2)OCO3)CCO1. The number of nitrogens with two attached hydrogens (primary N) is 1. The molecule has 2 amide bonds. The molecule has 0 bridgehead atoms. The number of benzene rings is 2. The van der Waals surface area contributed by atoms with Crippen LogP contribution < -0.4 is 19.9 Å². The Morgan fingerprint density at radius 1 is 1.13 bits per heavy atom. The van der Waals surface area contributed by atoms with Crippen LogP contribution >= 0.6 is 11.6 Å². The number of halogens is 1. The molecule has 0 unspecified atom stereocenters. The zero-order chi connectivity index (χ0) is 21.8. The summed E-state index contributed by atoms with van der Waals surface area (Å²) in [6.07, 6.45) is 0.135. The summed E-state index contributed by atoms with van der Waals surface area (Å²) >= 11 is 5.91. The summed E-state index contributed by atoms with van der Waals surface area (Å²) in [6.45, 7) is 1.16. The first-order valence-corrected chi connectivity index (χ1v) is 10.3. The highest BCUT2D eigenvalue weighted by Crippen LogP contribution is 2.33. The summed E-state index contributed by atoms with van der Waals surface area (Å²) in [4.78, 5) is 26.4. The maximum atomic E-state index is 13.0. The Labute approximate surface area is 184 Å². The second-order valence-electron chi connectivity index (χ2n) is 7.60. The van der Waals surface area contributed by atoms with Gasteiger partial charge in [0.05, 0.1) is 26.0 Å². The van der Waals surface area contributed by atoms with E-state index in [-0.39, 0.29) is 45.3 Å². The van der Waals surface area contributed by atoms with E-state index >= 15 is 0 Å². The number of carbonyl (C=O) groups excluding carboxylic acids is 2. The van der Waals surface area contributed by atoms with Crippen molar-refractivity contribution in [1.82, 2.24) is 4.90 Å². The number of carbonyl (C=O) groups is 2. The van der Waals surface area contributed by atoms with Crippen molar-refractivity contribution in [2.45, 2.75) is 18.4 Å². The number of rotatable bonds is 7. The van der Waals surface area contributed by atoms with Crippen molar-refractivity contribution >= 4 is 23.4 Å². The fourth-order valence-electron chi connectivity index (χ4n) is 3.70. The first-order chi connectivity index (χ1) is 14.9. The molecule has 0 saturated carbocycles. The molecule has 2 aliphatic heterocycles. The van der Waals surface area contributed by atoms with Gasteiger partial charge in [0.25, 0.3) is 0 Å². The minimum Gasteiger partial charge on any atom is -0.490 e. The van der Waals surface area contributed by atoms with Gasteiger partial charge in [0.15, 0.2) is 11.5 Å². The quantitative estimate of drug-likeness (QED) is 0.699. The number of ether oxygens (including phenoxy) is 4. The minimum absolute atomic E-state index is 0.0611. The lowest BCUT2D eigenvalue weighted by Crippen LogP contribution is -2.58. The van der Waals surface area contributed by atoms with E-state index in [0.717, 1.165) is 5.56 Å². The third-order valence-corrected chi connectivity index (χ3v) is 5.46. The number of amides is 2. The molecule has 2 aromatic carbocycles. The normalized spacial score (nSPS) is 19.8. The molecule has 164 valence electrons. The van der Waals surface area contributed by atoms with Gasteiger partial charge in [0.1, 0.15) is 18.0 Å². The van der Waals surface area contributed by atoms with Gasteiger partial charge in [-0.3, -0.25) is 9.59 Å². The van der Waals surface area contributed by atoms with Crippen LogP contribution in [0.5, 0.6) is 17.2 Å². The second kappa shape index (κ2) is 9.03. The smallest absolute Gasteiger partial charge is 0.231 e. The summed E-state index contributed by atoms with van der Waals surface area (Å²) in [6, 6.07) is 12.3. The average Bonchev–Trinajstić information content (AvgIpc) is 3.21. The number of hydrogen-bond acceptors (Lipinski definition) is 6. The summed E-state index contributed by atoms with van der Waals surface area (Å²) < 4.78 is 22.5. The number of primary amides is 1. The summed E-state index contributed by atoms with van der Waals surface area (Å²) in [5.74, 6) is 1.28. The Hall–Kier alpha value is -2.97. The molecule has 2 aliphatic rings. The Bertz CT molecular complexity index is 967. The van der Waals surface area contributed by atoms with Crippen molar-refractivity contribution in [2.75, 3.05) is 33.1 Å². The monoisotopic (exact) mass is 446 g/mol. The average molecular weight is 447 g/mol. The first-order valence-electron chi connectivity index (χ1n) is 9.89. The van der Waals surface area contributed by atoms with Gasteiger partial charge < -0.3 is 29.6 Å². The molecular formula is C22H23ClN2O6. The predicted molar refractivity (Wildman–Crippen MR) is 112 cm³/mol. The van der Waals surface area contributed by atoms with Crippen molar-refractivity contribution in [2.24, 2.45) is 5.73 Å². The zero-order valence-corrected chi connectivity index (χ0v) is 17.6. The summed E-state index contributed by atoms with van der Waals surface area (Å²) in [5.41, 5.74) is 5.27. The Kier molecular flexibility index (Phi) is 6.20. The van der Waals surface area contributed by atoms with Crippen molar-refractivity contribution in [3.05, 3.63) is 53.1 Å². The molecule has 4 rings (SSSR count). The lowest BCUT2D eigenvalue weighted by Gasteiger charge is -2.42. The molecule has 1 fully saturated rings. The molecule has 1 atom stereocenters. The fourth-order valence-corrected chi connectivity index (χ4v) is 3.83. The number of morpholine rings is 1. The fraction of sp³-hybridized carbons (Fsp3) is 0.364. The van der Waals surface area contributed by atoms with Crippen molar-refractivity contribution in [3.8, 4) is 17.2 Å². The van der Waals surface area contributed by atoms with E-state index in [0.29, 0.717) is 28.8 Å². The van der Waals surface area contributed by atoms with Crippen LogP contribution in [0, 0.1) is 0 Å². The van der Waals surface area contributed by atoms with E-state index < -0.39 is 11.5 Å². The van der Waals surface area contributed by atoms with Crippen LogP contribution in [-0.2, 0) is 20.7 Å². The second-order valence-corrected chi connectivity index (χ2v) is 8.03. The molecule has 8 nitrogen and oxygen atoms in total. The van der Waals surface area contributed by atoms with E-state index in [9.17, 15) is 9.59 Å². The van der Waals surface area contributed by atoms with Crippen molar-refractivity contribution in [3.63, 3.8) is 0 Å². The lowest BCUT2D eigenvalue weighted by atomic mass is 9.97. The third kappa shape index (κ3) is 5.21. The maximum Gasteiger partial charge on any atom is 0.231 e. The van der Waals surface area contributed by atoms with E-state index in [1.54, 1.807) is 41.3 Å². The molecule has 9 heteroatoms. The first kappa shape index (κ1) is 21.3.